The molecule has 0 saturated heterocycles. The van der Waals surface area contributed by atoms with Gasteiger partial charge in [-0.2, -0.15) is 13.2 Å². The van der Waals surface area contributed by atoms with Crippen LogP contribution in [0.15, 0.2) is 72.8 Å². The average molecular weight is 383 g/mol. The summed E-state index contributed by atoms with van der Waals surface area (Å²) >= 11 is 0. The van der Waals surface area contributed by atoms with E-state index >= 15 is 0 Å². The van der Waals surface area contributed by atoms with Crippen LogP contribution in [0.2, 0.25) is 0 Å². The van der Waals surface area contributed by atoms with Crippen molar-refractivity contribution in [3.05, 3.63) is 83.9 Å². The zero-order chi connectivity index (χ0) is 20.3. The zero-order valence-electron chi connectivity index (χ0n) is 16.3. The molecule has 28 heavy (non-hydrogen) atoms. The van der Waals surface area contributed by atoms with Gasteiger partial charge < -0.3 is 4.90 Å². The second-order valence-electron chi connectivity index (χ2n) is 7.11. The van der Waals surface area contributed by atoms with Gasteiger partial charge in [-0.3, -0.25) is 0 Å². The minimum atomic E-state index is -4.35. The molecule has 0 radical (unpaired) electrons. The van der Waals surface area contributed by atoms with Gasteiger partial charge in [0.05, 0.1) is 5.56 Å². The van der Waals surface area contributed by atoms with Gasteiger partial charge in [0.2, 0.25) is 0 Å². The first-order chi connectivity index (χ1) is 13.3. The van der Waals surface area contributed by atoms with E-state index < -0.39 is 11.7 Å². The minimum Gasteiger partial charge on any atom is -0.339 e. The number of hydrogen-bond acceptors (Lipinski definition) is 1. The van der Waals surface area contributed by atoms with Crippen LogP contribution >= 0.6 is 0 Å². The van der Waals surface area contributed by atoms with Crippen molar-refractivity contribution in [2.75, 3.05) is 4.90 Å². The third-order valence-corrected chi connectivity index (χ3v) is 4.81. The van der Waals surface area contributed by atoms with Gasteiger partial charge in [0.1, 0.15) is 0 Å². The summed E-state index contributed by atoms with van der Waals surface area (Å²) in [6, 6.07) is 21.9. The number of rotatable bonds is 5. The number of alkyl halides is 3. The number of nitrogens with zero attached hydrogens (tertiary/aromatic N) is 1. The Morgan fingerprint density at radius 1 is 0.786 bits per heavy atom. The van der Waals surface area contributed by atoms with Crippen molar-refractivity contribution < 1.29 is 13.2 Å². The second-order valence-corrected chi connectivity index (χ2v) is 7.11. The molecule has 0 unspecified atom stereocenters. The van der Waals surface area contributed by atoms with Crippen molar-refractivity contribution in [3.8, 4) is 11.1 Å². The number of aryl methyl sites for hydroxylation is 1. The number of anilines is 2. The Labute approximate surface area is 164 Å². The smallest absolute Gasteiger partial charge is 0.339 e. The van der Waals surface area contributed by atoms with Crippen LogP contribution in [0.3, 0.4) is 0 Å². The Balaban J connectivity index is 1.93. The molecular weight excluding hydrogens is 359 g/mol. The maximum atomic E-state index is 13.1. The predicted molar refractivity (Wildman–Crippen MR) is 110 cm³/mol. The Hall–Kier alpha value is -2.75. The Bertz CT molecular complexity index is 910. The van der Waals surface area contributed by atoms with Gasteiger partial charge in [0, 0.05) is 17.4 Å². The van der Waals surface area contributed by atoms with Crippen LogP contribution < -0.4 is 4.90 Å². The monoisotopic (exact) mass is 383 g/mol. The van der Waals surface area contributed by atoms with E-state index in [9.17, 15) is 13.2 Å². The fourth-order valence-electron chi connectivity index (χ4n) is 3.32. The highest BCUT2D eigenvalue weighted by Crippen LogP contribution is 2.35. The summed E-state index contributed by atoms with van der Waals surface area (Å²) in [6.45, 7) is 6.06. The van der Waals surface area contributed by atoms with Crippen LogP contribution in [0.5, 0.6) is 0 Å². The highest BCUT2D eigenvalue weighted by atomic mass is 19.4. The molecule has 0 spiro atoms. The Morgan fingerprint density at radius 2 is 1.36 bits per heavy atom. The van der Waals surface area contributed by atoms with E-state index in [4.69, 9.17) is 0 Å². The highest BCUT2D eigenvalue weighted by molar-refractivity contribution is 5.70. The Morgan fingerprint density at radius 3 is 1.86 bits per heavy atom. The van der Waals surface area contributed by atoms with E-state index in [-0.39, 0.29) is 6.04 Å². The van der Waals surface area contributed by atoms with Crippen molar-refractivity contribution in [1.29, 1.82) is 0 Å². The first-order valence-corrected chi connectivity index (χ1v) is 9.45. The van der Waals surface area contributed by atoms with Crippen LogP contribution in [0, 0.1) is 0 Å². The summed E-state index contributed by atoms with van der Waals surface area (Å²) in [7, 11) is 0. The molecule has 0 N–H and O–H groups in total. The quantitative estimate of drug-likeness (QED) is 0.441. The number of hydrogen-bond donors (Lipinski definition) is 0. The molecular formula is C24H24F3N. The topological polar surface area (TPSA) is 3.24 Å². The van der Waals surface area contributed by atoms with Crippen molar-refractivity contribution in [3.63, 3.8) is 0 Å². The molecule has 4 heteroatoms. The summed E-state index contributed by atoms with van der Waals surface area (Å²) in [4.78, 5) is 1.92. The van der Waals surface area contributed by atoms with Gasteiger partial charge >= 0.3 is 6.18 Å². The third kappa shape index (κ3) is 4.38. The highest BCUT2D eigenvalue weighted by Gasteiger charge is 2.31. The second kappa shape index (κ2) is 8.09. The minimum absolute atomic E-state index is 0.0122. The molecule has 0 aliphatic rings. The van der Waals surface area contributed by atoms with E-state index in [1.165, 1.54) is 17.7 Å². The molecule has 146 valence electrons. The van der Waals surface area contributed by atoms with Gasteiger partial charge in [-0.05, 0) is 67.3 Å². The van der Waals surface area contributed by atoms with Crippen LogP contribution in [0.25, 0.3) is 11.1 Å². The molecule has 3 aromatic rings. The van der Waals surface area contributed by atoms with Crippen LogP contribution in [-0.2, 0) is 12.6 Å². The SMILES string of the molecule is CCc1ccc(-c2ccc(N(c3cccc(C(F)(F)F)c3)C(C)C)cc2)cc1. The van der Waals surface area contributed by atoms with Crippen molar-refractivity contribution >= 4 is 11.4 Å². The fraction of sp³-hybridized carbons (Fsp3) is 0.250. The van der Waals surface area contributed by atoms with E-state index in [0.717, 1.165) is 29.3 Å². The zero-order valence-corrected chi connectivity index (χ0v) is 16.3. The van der Waals surface area contributed by atoms with Crippen molar-refractivity contribution in [1.82, 2.24) is 0 Å². The molecule has 0 heterocycles. The van der Waals surface area contributed by atoms with Gasteiger partial charge in [-0.1, -0.05) is 49.4 Å². The predicted octanol–water partition coefficient (Wildman–Crippen LogP) is 7.48. The van der Waals surface area contributed by atoms with Gasteiger partial charge in [0.25, 0.3) is 0 Å². The van der Waals surface area contributed by atoms with Crippen molar-refractivity contribution in [2.45, 2.75) is 39.4 Å². The van der Waals surface area contributed by atoms with Crippen molar-refractivity contribution in [2.24, 2.45) is 0 Å². The molecule has 0 saturated carbocycles. The molecule has 0 bridgehead atoms. The lowest BCUT2D eigenvalue weighted by atomic mass is 10.0. The molecule has 3 aromatic carbocycles. The first kappa shape index (κ1) is 20.0. The standard InChI is InChI=1S/C24H24F3N/c1-4-18-8-10-19(11-9-18)20-12-14-22(15-13-20)28(17(2)3)23-7-5-6-21(16-23)24(25,26)27/h5-17H,4H2,1-3H3. The van der Waals surface area contributed by atoms with Gasteiger partial charge in [-0.25, -0.2) is 0 Å². The maximum absolute atomic E-state index is 13.1. The molecule has 0 aliphatic heterocycles. The van der Waals surface area contributed by atoms with E-state index in [1.54, 1.807) is 6.07 Å². The molecule has 0 aliphatic carbocycles. The molecule has 0 atom stereocenters. The third-order valence-electron chi connectivity index (χ3n) is 4.81. The largest absolute Gasteiger partial charge is 0.416 e. The molecule has 0 fully saturated rings. The maximum Gasteiger partial charge on any atom is 0.416 e. The molecule has 0 amide bonds. The summed E-state index contributed by atoms with van der Waals surface area (Å²) in [5, 5.41) is 0. The van der Waals surface area contributed by atoms with Gasteiger partial charge in [-0.15, -0.1) is 0 Å². The van der Waals surface area contributed by atoms with Crippen LogP contribution in [0.4, 0.5) is 24.5 Å². The summed E-state index contributed by atoms with van der Waals surface area (Å²) in [5.74, 6) is 0. The lowest BCUT2D eigenvalue weighted by Gasteiger charge is -2.30. The number of halogens is 3. The summed E-state index contributed by atoms with van der Waals surface area (Å²) in [5.41, 5.74) is 4.25. The fourth-order valence-corrected chi connectivity index (χ4v) is 3.32. The molecule has 0 aromatic heterocycles. The van der Waals surface area contributed by atoms with E-state index in [2.05, 4.69) is 31.2 Å². The average Bonchev–Trinajstić information content (AvgIpc) is 2.68. The molecule has 3 rings (SSSR count). The lowest BCUT2D eigenvalue weighted by molar-refractivity contribution is -0.137. The first-order valence-electron chi connectivity index (χ1n) is 9.45. The Kier molecular flexibility index (Phi) is 5.78. The number of benzene rings is 3. The van der Waals surface area contributed by atoms with Crippen LogP contribution in [-0.4, -0.2) is 6.04 Å². The summed E-state index contributed by atoms with van der Waals surface area (Å²) < 4.78 is 39.3. The van der Waals surface area contributed by atoms with Gasteiger partial charge in [0.15, 0.2) is 0 Å². The van der Waals surface area contributed by atoms with E-state index in [1.807, 2.05) is 43.0 Å². The summed E-state index contributed by atoms with van der Waals surface area (Å²) in [6.07, 6.45) is -3.35. The van der Waals surface area contributed by atoms with E-state index in [0.29, 0.717) is 5.69 Å². The normalized spacial score (nSPS) is 11.7. The lowest BCUT2D eigenvalue weighted by Crippen LogP contribution is -2.25. The molecule has 1 nitrogen and oxygen atoms in total. The van der Waals surface area contributed by atoms with Crippen LogP contribution in [0.1, 0.15) is 31.9 Å².